The lowest BCUT2D eigenvalue weighted by Gasteiger charge is -2.33. The Morgan fingerprint density at radius 1 is 1.31 bits per heavy atom. The third-order valence-corrected chi connectivity index (χ3v) is 7.42. The topological polar surface area (TPSA) is 64.6 Å². The molecule has 0 radical (unpaired) electrons. The summed E-state index contributed by atoms with van der Waals surface area (Å²) in [6.07, 6.45) is 1.99. The monoisotopic (exact) mass is 477 g/mol. The Morgan fingerprint density at radius 3 is 2.66 bits per heavy atom. The van der Waals surface area contributed by atoms with E-state index in [0.717, 1.165) is 35.3 Å². The number of ether oxygens (including phenoxy) is 2. The first-order valence-corrected chi connectivity index (χ1v) is 12.3. The van der Waals surface area contributed by atoms with Crippen LogP contribution in [0, 0.1) is 18.3 Å². The van der Waals surface area contributed by atoms with Gasteiger partial charge in [-0.1, -0.05) is 32.4 Å². The minimum Gasteiger partial charge on any atom is -0.481 e. The SMILES string of the molecule is CCOC(=O)c1c(NC(=O)[C@@H](C)Oc2ccc(Cl)cc2C)sc2c1CC[C@H](C(C)(C)C)C2. The fourth-order valence-corrected chi connectivity index (χ4v) is 5.58. The molecule has 0 bridgehead atoms. The summed E-state index contributed by atoms with van der Waals surface area (Å²) in [5, 5.41) is 4.11. The average molecular weight is 478 g/mol. The molecule has 0 saturated carbocycles. The Kier molecular flexibility index (Phi) is 7.56. The maximum absolute atomic E-state index is 13.0. The number of thiophene rings is 1. The van der Waals surface area contributed by atoms with Gasteiger partial charge in [0.25, 0.3) is 5.91 Å². The molecular formula is C25H32ClNO4S. The molecule has 1 N–H and O–H groups in total. The van der Waals surface area contributed by atoms with Crippen LogP contribution in [-0.2, 0) is 22.4 Å². The maximum Gasteiger partial charge on any atom is 0.341 e. The zero-order chi connectivity index (χ0) is 23.6. The lowest BCUT2D eigenvalue weighted by atomic mass is 9.72. The van der Waals surface area contributed by atoms with Gasteiger partial charge in [0, 0.05) is 9.90 Å². The van der Waals surface area contributed by atoms with Crippen molar-refractivity contribution >= 4 is 39.8 Å². The number of hydrogen-bond donors (Lipinski definition) is 1. The number of hydrogen-bond acceptors (Lipinski definition) is 5. The van der Waals surface area contributed by atoms with Crippen LogP contribution in [0.2, 0.25) is 5.02 Å². The lowest BCUT2D eigenvalue weighted by molar-refractivity contribution is -0.122. The van der Waals surface area contributed by atoms with Crippen molar-refractivity contribution in [3.63, 3.8) is 0 Å². The highest BCUT2D eigenvalue weighted by atomic mass is 35.5. The molecule has 1 aromatic heterocycles. The highest BCUT2D eigenvalue weighted by Gasteiger charge is 2.34. The smallest absolute Gasteiger partial charge is 0.341 e. The van der Waals surface area contributed by atoms with E-state index in [1.54, 1.807) is 32.0 Å². The molecule has 2 aromatic rings. The molecule has 1 amide bonds. The number of amides is 1. The van der Waals surface area contributed by atoms with E-state index in [0.29, 0.717) is 27.3 Å². The van der Waals surface area contributed by atoms with Crippen LogP contribution < -0.4 is 10.1 Å². The molecule has 0 saturated heterocycles. The molecule has 0 fully saturated rings. The second kappa shape index (κ2) is 9.84. The second-order valence-corrected chi connectivity index (χ2v) is 10.9. The number of benzene rings is 1. The summed E-state index contributed by atoms with van der Waals surface area (Å²) in [5.74, 6) is 0.441. The van der Waals surface area contributed by atoms with Gasteiger partial charge in [0.1, 0.15) is 10.8 Å². The van der Waals surface area contributed by atoms with Gasteiger partial charge in [0.15, 0.2) is 6.10 Å². The molecule has 1 aliphatic rings. The maximum atomic E-state index is 13.0. The van der Waals surface area contributed by atoms with E-state index in [1.165, 1.54) is 11.3 Å². The third kappa shape index (κ3) is 5.46. The number of carbonyl (C=O) groups is 2. The van der Waals surface area contributed by atoms with Crippen LogP contribution in [0.15, 0.2) is 18.2 Å². The summed E-state index contributed by atoms with van der Waals surface area (Å²) in [4.78, 5) is 26.9. The van der Waals surface area contributed by atoms with Crippen LogP contribution in [0.5, 0.6) is 5.75 Å². The Morgan fingerprint density at radius 2 is 2.03 bits per heavy atom. The first-order chi connectivity index (χ1) is 15.0. The van der Waals surface area contributed by atoms with E-state index in [2.05, 4.69) is 26.1 Å². The number of rotatable bonds is 6. The van der Waals surface area contributed by atoms with E-state index >= 15 is 0 Å². The van der Waals surface area contributed by atoms with Crippen LogP contribution in [0.1, 0.15) is 67.4 Å². The van der Waals surface area contributed by atoms with Gasteiger partial charge in [-0.2, -0.15) is 0 Å². The Bertz CT molecular complexity index is 1010. The average Bonchev–Trinajstić information content (AvgIpc) is 3.06. The molecule has 3 rings (SSSR count). The summed E-state index contributed by atoms with van der Waals surface area (Å²) in [5.41, 5.74) is 2.56. The van der Waals surface area contributed by atoms with Crippen LogP contribution >= 0.6 is 22.9 Å². The molecule has 0 spiro atoms. The van der Waals surface area contributed by atoms with Gasteiger partial charge >= 0.3 is 5.97 Å². The van der Waals surface area contributed by atoms with Crippen molar-refractivity contribution in [2.75, 3.05) is 11.9 Å². The van der Waals surface area contributed by atoms with Gasteiger partial charge in [0.05, 0.1) is 12.2 Å². The fraction of sp³-hybridized carbons (Fsp3) is 0.520. The molecule has 2 atom stereocenters. The minimum absolute atomic E-state index is 0.188. The number of anilines is 1. The molecule has 7 heteroatoms. The van der Waals surface area contributed by atoms with Gasteiger partial charge in [-0.15, -0.1) is 11.3 Å². The van der Waals surface area contributed by atoms with Crippen LogP contribution in [-0.4, -0.2) is 24.6 Å². The van der Waals surface area contributed by atoms with Crippen molar-refractivity contribution in [3.05, 3.63) is 44.8 Å². The van der Waals surface area contributed by atoms with Crippen molar-refractivity contribution in [1.82, 2.24) is 0 Å². The number of halogens is 1. The fourth-order valence-electron chi connectivity index (χ4n) is 4.03. The molecule has 174 valence electrons. The number of fused-ring (bicyclic) bond motifs is 1. The van der Waals surface area contributed by atoms with Crippen LogP contribution in [0.4, 0.5) is 5.00 Å². The summed E-state index contributed by atoms with van der Waals surface area (Å²) < 4.78 is 11.2. The second-order valence-electron chi connectivity index (χ2n) is 9.39. The van der Waals surface area contributed by atoms with Crippen LogP contribution in [0.25, 0.3) is 0 Å². The standard InChI is InChI=1S/C25H32ClNO4S/c1-7-30-24(29)21-18-10-8-16(25(4,5)6)13-20(18)32-23(21)27-22(28)15(3)31-19-11-9-17(26)12-14(19)2/h9,11-12,15-16H,7-8,10,13H2,1-6H3,(H,27,28)/t15-,16+/m1/s1. The third-order valence-electron chi connectivity index (χ3n) is 6.02. The Labute approximate surface area is 199 Å². The van der Waals surface area contributed by atoms with Crippen molar-refractivity contribution < 1.29 is 19.1 Å². The molecular weight excluding hydrogens is 446 g/mol. The normalized spacial score (nSPS) is 16.8. The zero-order valence-corrected chi connectivity index (χ0v) is 21.2. The summed E-state index contributed by atoms with van der Waals surface area (Å²) in [7, 11) is 0. The van der Waals surface area contributed by atoms with Gasteiger partial charge < -0.3 is 14.8 Å². The van der Waals surface area contributed by atoms with Crippen LogP contribution in [0.3, 0.4) is 0 Å². The Hall–Kier alpha value is -2.05. The van der Waals surface area contributed by atoms with E-state index in [9.17, 15) is 9.59 Å². The van der Waals surface area contributed by atoms with Crippen molar-refractivity contribution in [1.29, 1.82) is 0 Å². The van der Waals surface area contributed by atoms with Crippen molar-refractivity contribution in [2.24, 2.45) is 11.3 Å². The Balaban J connectivity index is 1.84. The summed E-state index contributed by atoms with van der Waals surface area (Å²) in [6, 6.07) is 5.27. The summed E-state index contributed by atoms with van der Waals surface area (Å²) >= 11 is 7.49. The first-order valence-electron chi connectivity index (χ1n) is 11.1. The number of nitrogens with one attached hydrogen (secondary N) is 1. The summed E-state index contributed by atoms with van der Waals surface area (Å²) in [6.45, 7) is 12.4. The highest BCUT2D eigenvalue weighted by molar-refractivity contribution is 7.17. The number of aryl methyl sites for hydroxylation is 1. The van der Waals surface area contributed by atoms with E-state index in [1.807, 2.05) is 6.92 Å². The van der Waals surface area contributed by atoms with E-state index < -0.39 is 6.10 Å². The molecule has 1 aliphatic carbocycles. The first kappa shape index (κ1) is 24.6. The number of carbonyl (C=O) groups excluding carboxylic acids is 2. The quantitative estimate of drug-likeness (QED) is 0.486. The van der Waals surface area contributed by atoms with Gasteiger partial charge in [0.2, 0.25) is 0 Å². The van der Waals surface area contributed by atoms with Crippen molar-refractivity contribution in [2.45, 2.75) is 66.9 Å². The molecule has 0 aliphatic heterocycles. The molecule has 5 nitrogen and oxygen atoms in total. The minimum atomic E-state index is -0.744. The molecule has 32 heavy (non-hydrogen) atoms. The van der Waals surface area contributed by atoms with Crippen molar-refractivity contribution in [3.8, 4) is 5.75 Å². The van der Waals surface area contributed by atoms with E-state index in [-0.39, 0.29) is 23.9 Å². The number of esters is 1. The predicted molar refractivity (Wildman–Crippen MR) is 130 cm³/mol. The van der Waals surface area contributed by atoms with Gasteiger partial charge in [-0.05, 0) is 80.7 Å². The molecule has 1 aromatic carbocycles. The lowest BCUT2D eigenvalue weighted by Crippen LogP contribution is -2.30. The van der Waals surface area contributed by atoms with Gasteiger partial charge in [-0.25, -0.2) is 4.79 Å². The largest absolute Gasteiger partial charge is 0.481 e. The van der Waals surface area contributed by atoms with Gasteiger partial charge in [-0.3, -0.25) is 4.79 Å². The molecule has 0 unspecified atom stereocenters. The van der Waals surface area contributed by atoms with E-state index in [4.69, 9.17) is 21.1 Å². The predicted octanol–water partition coefficient (Wildman–Crippen LogP) is 6.44. The highest BCUT2D eigenvalue weighted by Crippen LogP contribution is 2.44. The molecule has 1 heterocycles. The zero-order valence-electron chi connectivity index (χ0n) is 19.6.